The maximum atomic E-state index is 12.8. The molecule has 4 rings (SSSR count). The predicted molar refractivity (Wildman–Crippen MR) is 97.8 cm³/mol. The molecule has 3 heterocycles. The molecule has 0 bridgehead atoms. The summed E-state index contributed by atoms with van der Waals surface area (Å²) >= 11 is 0. The van der Waals surface area contributed by atoms with Crippen molar-refractivity contribution < 1.29 is 4.79 Å². The number of nitrogens with zero attached hydrogens (tertiary/aromatic N) is 6. The number of nitrogens with one attached hydrogen (secondary N) is 1. The summed E-state index contributed by atoms with van der Waals surface area (Å²) in [6.07, 6.45) is 10.6. The third kappa shape index (κ3) is 3.94. The van der Waals surface area contributed by atoms with Gasteiger partial charge in [0.25, 0.3) is 0 Å². The van der Waals surface area contributed by atoms with E-state index < -0.39 is 0 Å². The van der Waals surface area contributed by atoms with Crippen LogP contribution >= 0.6 is 0 Å². The van der Waals surface area contributed by atoms with E-state index in [0.29, 0.717) is 18.2 Å². The van der Waals surface area contributed by atoms with Crippen molar-refractivity contribution in [1.29, 1.82) is 0 Å². The normalized spacial score (nSPS) is 22.8. The molecule has 2 aromatic rings. The first-order valence-corrected chi connectivity index (χ1v) is 9.90. The van der Waals surface area contributed by atoms with Crippen LogP contribution in [0.5, 0.6) is 0 Å². The highest BCUT2D eigenvalue weighted by atomic mass is 16.2. The fourth-order valence-electron chi connectivity index (χ4n) is 4.13. The molecule has 1 aliphatic heterocycles. The first-order valence-electron chi connectivity index (χ1n) is 9.90. The van der Waals surface area contributed by atoms with Crippen LogP contribution in [0.15, 0.2) is 12.1 Å². The lowest BCUT2D eigenvalue weighted by Crippen LogP contribution is -2.46. The summed E-state index contributed by atoms with van der Waals surface area (Å²) in [7, 11) is 0. The zero-order valence-corrected chi connectivity index (χ0v) is 15.2. The Morgan fingerprint density at radius 1 is 1.04 bits per heavy atom. The molecule has 26 heavy (non-hydrogen) atoms. The quantitative estimate of drug-likeness (QED) is 0.903. The van der Waals surface area contributed by atoms with Crippen molar-refractivity contribution in [1.82, 2.24) is 30.6 Å². The second kappa shape index (κ2) is 7.97. The summed E-state index contributed by atoms with van der Waals surface area (Å²) in [5.41, 5.74) is 0.629. The number of carbonyl (C=O) groups is 1. The molecular formula is C18H27N7O. The van der Waals surface area contributed by atoms with E-state index in [-0.39, 0.29) is 11.8 Å². The van der Waals surface area contributed by atoms with E-state index in [2.05, 4.69) is 30.8 Å². The van der Waals surface area contributed by atoms with Gasteiger partial charge in [0.15, 0.2) is 11.5 Å². The fraction of sp³-hybridized carbons (Fsp3) is 0.722. The van der Waals surface area contributed by atoms with Gasteiger partial charge in [-0.3, -0.25) is 4.79 Å². The molecule has 1 atom stereocenters. The molecule has 2 aliphatic rings. The van der Waals surface area contributed by atoms with Crippen molar-refractivity contribution in [3.05, 3.63) is 12.1 Å². The van der Waals surface area contributed by atoms with Crippen LogP contribution in [0.3, 0.4) is 0 Å². The van der Waals surface area contributed by atoms with E-state index in [0.717, 1.165) is 38.0 Å². The Kier molecular flexibility index (Phi) is 5.26. The van der Waals surface area contributed by atoms with Gasteiger partial charge in [-0.2, -0.15) is 0 Å². The standard InChI is InChI=1S/C18H27N7O/c26-18(19-15-8-4-2-1-3-5-9-15)14-7-6-12-24(13-14)17-11-10-16-20-22-23-25(16)21-17/h10-11,14-15H,1-9,12-13H2,(H,19,26)/t14-/m1/s1. The van der Waals surface area contributed by atoms with Crippen LogP contribution in [0, 0.1) is 5.92 Å². The summed E-state index contributed by atoms with van der Waals surface area (Å²) < 4.78 is 1.44. The third-order valence-corrected chi connectivity index (χ3v) is 5.62. The van der Waals surface area contributed by atoms with Gasteiger partial charge in [0, 0.05) is 19.1 Å². The van der Waals surface area contributed by atoms with Crippen molar-refractivity contribution in [3.63, 3.8) is 0 Å². The monoisotopic (exact) mass is 357 g/mol. The van der Waals surface area contributed by atoms with Crippen LogP contribution in [0.4, 0.5) is 5.82 Å². The topological polar surface area (TPSA) is 88.3 Å². The minimum Gasteiger partial charge on any atom is -0.354 e. The van der Waals surface area contributed by atoms with E-state index in [4.69, 9.17) is 0 Å². The van der Waals surface area contributed by atoms with Gasteiger partial charge >= 0.3 is 0 Å². The maximum absolute atomic E-state index is 12.8. The fourth-order valence-corrected chi connectivity index (χ4v) is 4.13. The van der Waals surface area contributed by atoms with Crippen molar-refractivity contribution in [2.24, 2.45) is 5.92 Å². The van der Waals surface area contributed by atoms with Gasteiger partial charge in [-0.05, 0) is 48.2 Å². The highest BCUT2D eigenvalue weighted by molar-refractivity contribution is 5.79. The highest BCUT2D eigenvalue weighted by Crippen LogP contribution is 2.23. The summed E-state index contributed by atoms with van der Waals surface area (Å²) in [5.74, 6) is 1.07. The molecule has 0 spiro atoms. The SMILES string of the molecule is O=C(NC1CCCCCCC1)[C@@H]1CCCN(c2ccc3nnnn3n2)C1. The van der Waals surface area contributed by atoms with Crippen LogP contribution in [0.2, 0.25) is 0 Å². The maximum Gasteiger partial charge on any atom is 0.225 e. The van der Waals surface area contributed by atoms with Crippen LogP contribution in [0.1, 0.15) is 57.8 Å². The molecule has 1 N–H and O–H groups in total. The number of fused-ring (bicyclic) bond motifs is 1. The summed E-state index contributed by atoms with van der Waals surface area (Å²) in [6.45, 7) is 1.62. The first kappa shape index (κ1) is 17.2. The van der Waals surface area contributed by atoms with E-state index >= 15 is 0 Å². The lowest BCUT2D eigenvalue weighted by Gasteiger charge is -2.33. The Morgan fingerprint density at radius 3 is 2.69 bits per heavy atom. The number of piperidine rings is 1. The minimum atomic E-state index is 0.0283. The number of rotatable bonds is 3. The van der Waals surface area contributed by atoms with Gasteiger partial charge < -0.3 is 10.2 Å². The molecule has 0 radical (unpaired) electrons. The highest BCUT2D eigenvalue weighted by Gasteiger charge is 2.28. The number of tetrazole rings is 1. The molecule has 0 unspecified atom stereocenters. The van der Waals surface area contributed by atoms with Crippen LogP contribution < -0.4 is 10.2 Å². The molecule has 8 heteroatoms. The first-order chi connectivity index (χ1) is 12.8. The molecule has 140 valence electrons. The van der Waals surface area contributed by atoms with Crippen molar-refractivity contribution in [2.45, 2.75) is 63.8 Å². The number of carbonyl (C=O) groups excluding carboxylic acids is 1. The lowest BCUT2D eigenvalue weighted by molar-refractivity contribution is -0.126. The molecule has 8 nitrogen and oxygen atoms in total. The molecular weight excluding hydrogens is 330 g/mol. The third-order valence-electron chi connectivity index (χ3n) is 5.62. The summed E-state index contributed by atoms with van der Waals surface area (Å²) in [4.78, 5) is 15.0. The number of hydrogen-bond donors (Lipinski definition) is 1. The van der Waals surface area contributed by atoms with E-state index in [9.17, 15) is 4.79 Å². The van der Waals surface area contributed by atoms with E-state index in [1.807, 2.05) is 12.1 Å². The molecule has 1 amide bonds. The smallest absolute Gasteiger partial charge is 0.225 e. The Balaban J connectivity index is 1.38. The zero-order valence-electron chi connectivity index (χ0n) is 15.2. The second-order valence-electron chi connectivity index (χ2n) is 7.55. The van der Waals surface area contributed by atoms with Crippen molar-refractivity contribution >= 4 is 17.4 Å². The Morgan fingerprint density at radius 2 is 1.85 bits per heavy atom. The Bertz CT molecular complexity index is 738. The molecule has 1 saturated carbocycles. The average molecular weight is 357 g/mol. The van der Waals surface area contributed by atoms with Crippen molar-refractivity contribution in [3.8, 4) is 0 Å². The van der Waals surface area contributed by atoms with Gasteiger partial charge in [0.05, 0.1) is 5.92 Å². The van der Waals surface area contributed by atoms with E-state index in [1.54, 1.807) is 0 Å². The minimum absolute atomic E-state index is 0.0283. The number of aromatic nitrogens is 5. The zero-order chi connectivity index (χ0) is 17.8. The molecule has 2 fully saturated rings. The Labute approximate surface area is 153 Å². The molecule has 1 aliphatic carbocycles. The van der Waals surface area contributed by atoms with Crippen molar-refractivity contribution in [2.75, 3.05) is 18.0 Å². The van der Waals surface area contributed by atoms with E-state index in [1.165, 1.54) is 36.7 Å². The number of amides is 1. The average Bonchev–Trinajstić information content (AvgIpc) is 3.11. The summed E-state index contributed by atoms with van der Waals surface area (Å²) in [5, 5.41) is 19.2. The van der Waals surface area contributed by atoms with Gasteiger partial charge in [-0.15, -0.1) is 14.8 Å². The van der Waals surface area contributed by atoms with Gasteiger partial charge in [-0.25, -0.2) is 0 Å². The van der Waals surface area contributed by atoms with Gasteiger partial charge in [0.2, 0.25) is 5.91 Å². The van der Waals surface area contributed by atoms with Gasteiger partial charge in [0.1, 0.15) is 0 Å². The molecule has 0 aromatic carbocycles. The molecule has 1 saturated heterocycles. The summed E-state index contributed by atoms with van der Waals surface area (Å²) in [6, 6.07) is 4.15. The lowest BCUT2D eigenvalue weighted by atomic mass is 9.94. The second-order valence-corrected chi connectivity index (χ2v) is 7.55. The van der Waals surface area contributed by atoms with Crippen LogP contribution in [-0.2, 0) is 4.79 Å². The largest absolute Gasteiger partial charge is 0.354 e. The Hall–Kier alpha value is -2.25. The number of hydrogen-bond acceptors (Lipinski definition) is 6. The predicted octanol–water partition coefficient (Wildman–Crippen LogP) is 1.96. The number of anilines is 1. The van der Waals surface area contributed by atoms with Crippen LogP contribution in [-0.4, -0.2) is 50.3 Å². The molecule has 2 aromatic heterocycles. The van der Waals surface area contributed by atoms with Gasteiger partial charge in [-0.1, -0.05) is 32.1 Å². The van der Waals surface area contributed by atoms with Crippen LogP contribution in [0.25, 0.3) is 5.65 Å².